The summed E-state index contributed by atoms with van der Waals surface area (Å²) in [6.45, 7) is 0. The monoisotopic (exact) mass is 282 g/mol. The van der Waals surface area contributed by atoms with Gasteiger partial charge in [0, 0.05) is 15.3 Å². The summed E-state index contributed by atoms with van der Waals surface area (Å²) < 4.78 is 77.6. The van der Waals surface area contributed by atoms with Crippen LogP contribution in [0.3, 0.4) is 0 Å². The van der Waals surface area contributed by atoms with Crippen molar-refractivity contribution >= 4 is 21.8 Å². The Kier molecular flexibility index (Phi) is 5.74. The van der Waals surface area contributed by atoms with Crippen LogP contribution >= 0.6 is 9.24 Å². The highest BCUT2D eigenvalue weighted by atomic mass is 31.0. The van der Waals surface area contributed by atoms with E-state index in [9.17, 15) is 30.4 Å². The van der Waals surface area contributed by atoms with Crippen molar-refractivity contribution in [2.24, 2.45) is 0 Å². The highest BCUT2D eigenvalue weighted by molar-refractivity contribution is 7.27. The molecule has 1 unspecified atom stereocenters. The molecule has 0 heterocycles. The van der Waals surface area contributed by atoms with Gasteiger partial charge in [-0.1, -0.05) is 6.07 Å². The normalized spacial score (nSPS) is 11.7. The maximum absolute atomic E-state index is 11.7. The van der Waals surface area contributed by atoms with Crippen molar-refractivity contribution in [3.8, 4) is 5.75 Å². The second-order valence-corrected chi connectivity index (χ2v) is 3.51. The number of rotatable bonds is 1. The summed E-state index contributed by atoms with van der Waals surface area (Å²) in [6.07, 6.45) is -4.60. The van der Waals surface area contributed by atoms with Crippen LogP contribution in [0.4, 0.5) is 30.4 Å². The Labute approximate surface area is 94.3 Å². The standard InChI is InChI=1S/C7H6F3OP.BF4/c8-7(9,10)11-5-2-1-3-6(12)4-5;2-1(3,4)5/h1-4H,12H2;/q;-1/p+1. The highest BCUT2D eigenvalue weighted by Crippen LogP contribution is 2.21. The molecular formula is C7H7BF7OP. The molecule has 10 heteroatoms. The van der Waals surface area contributed by atoms with E-state index >= 15 is 0 Å². The first kappa shape index (κ1) is 16.0. The zero-order valence-corrected chi connectivity index (χ0v) is 9.56. The Balaban J connectivity index is 0.000000437. The molecule has 17 heavy (non-hydrogen) atoms. The van der Waals surface area contributed by atoms with E-state index in [0.29, 0.717) is 0 Å². The van der Waals surface area contributed by atoms with E-state index < -0.39 is 13.6 Å². The van der Waals surface area contributed by atoms with Gasteiger partial charge in [0.05, 0.1) is 5.30 Å². The van der Waals surface area contributed by atoms with E-state index in [-0.39, 0.29) is 5.75 Å². The fraction of sp³-hybridized carbons (Fsp3) is 0.143. The molecule has 0 N–H and O–H groups in total. The van der Waals surface area contributed by atoms with Crippen LogP contribution in [0.2, 0.25) is 0 Å². The van der Waals surface area contributed by atoms with Crippen molar-refractivity contribution in [2.75, 3.05) is 0 Å². The fourth-order valence-electron chi connectivity index (χ4n) is 0.743. The molecule has 0 aliphatic rings. The Bertz CT molecular complexity index is 345. The quantitative estimate of drug-likeness (QED) is 0.437. The molecule has 0 saturated heterocycles. The van der Waals surface area contributed by atoms with Crippen LogP contribution in [0, 0.1) is 0 Å². The third-order valence-electron chi connectivity index (χ3n) is 1.13. The smallest absolute Gasteiger partial charge is 0.418 e. The minimum Gasteiger partial charge on any atom is -0.418 e. The molecule has 1 aromatic carbocycles. The van der Waals surface area contributed by atoms with Crippen LogP contribution in [0.5, 0.6) is 5.75 Å². The molecule has 1 aromatic rings. The van der Waals surface area contributed by atoms with Gasteiger partial charge in [0.1, 0.15) is 5.75 Å². The molecule has 98 valence electrons. The number of benzene rings is 1. The Morgan fingerprint density at radius 2 is 1.53 bits per heavy atom. The van der Waals surface area contributed by atoms with Crippen molar-refractivity contribution in [2.45, 2.75) is 6.36 Å². The Morgan fingerprint density at radius 3 is 1.88 bits per heavy atom. The molecule has 1 atom stereocenters. The summed E-state index contributed by atoms with van der Waals surface area (Å²) in [5.41, 5.74) is 0. The zero-order chi connectivity index (χ0) is 13.7. The first-order valence-corrected chi connectivity index (χ1v) is 4.73. The van der Waals surface area contributed by atoms with E-state index in [4.69, 9.17) is 0 Å². The molecule has 0 aromatic heterocycles. The predicted octanol–water partition coefficient (Wildman–Crippen LogP) is 3.12. The van der Waals surface area contributed by atoms with E-state index in [0.717, 1.165) is 5.30 Å². The van der Waals surface area contributed by atoms with Gasteiger partial charge in [0.25, 0.3) is 0 Å². The molecular weight excluding hydrogens is 275 g/mol. The zero-order valence-electron chi connectivity index (χ0n) is 8.15. The maximum Gasteiger partial charge on any atom is 0.673 e. The van der Waals surface area contributed by atoms with E-state index in [1.165, 1.54) is 27.4 Å². The Morgan fingerprint density at radius 1 is 1.06 bits per heavy atom. The molecule has 0 fully saturated rings. The van der Waals surface area contributed by atoms with Gasteiger partial charge in [-0.15, -0.1) is 13.2 Å². The van der Waals surface area contributed by atoms with Crippen LogP contribution in [0.25, 0.3) is 0 Å². The minimum atomic E-state index is -6.00. The third-order valence-corrected chi connectivity index (χ3v) is 1.57. The lowest BCUT2D eigenvalue weighted by Crippen LogP contribution is -2.17. The van der Waals surface area contributed by atoms with Gasteiger partial charge in [-0.2, -0.15) is 0 Å². The summed E-state index contributed by atoms with van der Waals surface area (Å²) in [7, 11) is -4.50. The number of alkyl halides is 3. The molecule has 1 rings (SSSR count). The van der Waals surface area contributed by atoms with E-state index in [2.05, 4.69) is 4.74 Å². The molecule has 0 amide bonds. The van der Waals surface area contributed by atoms with Gasteiger partial charge in [0.15, 0.2) is 0 Å². The molecule has 0 saturated carbocycles. The van der Waals surface area contributed by atoms with Crippen LogP contribution in [0.15, 0.2) is 24.3 Å². The second kappa shape index (κ2) is 6.09. The van der Waals surface area contributed by atoms with Crippen LogP contribution in [-0.4, -0.2) is 13.6 Å². The van der Waals surface area contributed by atoms with Crippen molar-refractivity contribution in [3.63, 3.8) is 0 Å². The average Bonchev–Trinajstić information content (AvgIpc) is 1.96. The van der Waals surface area contributed by atoms with Crippen LogP contribution < -0.4 is 10.0 Å². The average molecular weight is 282 g/mol. The second-order valence-electron chi connectivity index (χ2n) is 2.69. The predicted molar refractivity (Wildman–Crippen MR) is 54.1 cm³/mol. The molecule has 0 radical (unpaired) electrons. The fourth-order valence-corrected chi connectivity index (χ4v) is 1.08. The lowest BCUT2D eigenvalue weighted by molar-refractivity contribution is -0.274. The minimum absolute atomic E-state index is 0.171. The highest BCUT2D eigenvalue weighted by Gasteiger charge is 2.31. The number of hydrogen-bond donors (Lipinski definition) is 0. The molecule has 1 nitrogen and oxygen atoms in total. The van der Waals surface area contributed by atoms with Crippen LogP contribution in [0.1, 0.15) is 0 Å². The largest absolute Gasteiger partial charge is 0.673 e. The lowest BCUT2D eigenvalue weighted by Gasteiger charge is -2.07. The number of hydrogen-bond acceptors (Lipinski definition) is 1. The van der Waals surface area contributed by atoms with E-state index in [1.807, 2.05) is 0 Å². The third kappa shape index (κ3) is 13.0. The number of halogens is 7. The molecule has 0 bridgehead atoms. The van der Waals surface area contributed by atoms with Crippen molar-refractivity contribution in [1.29, 1.82) is 0 Å². The first-order chi connectivity index (χ1) is 7.47. The lowest BCUT2D eigenvalue weighted by atomic mass is 10.3. The molecule has 0 aliphatic carbocycles. The van der Waals surface area contributed by atoms with Crippen molar-refractivity contribution < 1.29 is 35.2 Å². The summed E-state index contributed by atoms with van der Waals surface area (Å²) in [6, 6.07) is 5.84. The van der Waals surface area contributed by atoms with Crippen LogP contribution in [-0.2, 0) is 0 Å². The maximum atomic E-state index is 11.7. The van der Waals surface area contributed by atoms with Gasteiger partial charge >= 0.3 is 13.6 Å². The molecule has 0 spiro atoms. The number of ether oxygens (including phenoxy) is 1. The summed E-state index contributed by atoms with van der Waals surface area (Å²) in [4.78, 5) is 0. The van der Waals surface area contributed by atoms with E-state index in [1.54, 1.807) is 6.07 Å². The SMILES string of the molecule is FC(F)(F)Oc1cccc([PH3+])c1.F[B-](F)(F)F. The van der Waals surface area contributed by atoms with Gasteiger partial charge in [-0.05, 0) is 12.1 Å². The van der Waals surface area contributed by atoms with Crippen molar-refractivity contribution in [1.82, 2.24) is 0 Å². The summed E-state index contributed by atoms with van der Waals surface area (Å²) in [5, 5.41) is 0.761. The van der Waals surface area contributed by atoms with Gasteiger partial charge in [-0.3, -0.25) is 0 Å². The molecule has 0 aliphatic heterocycles. The first-order valence-electron chi connectivity index (χ1n) is 4.02. The van der Waals surface area contributed by atoms with Gasteiger partial charge in [-0.25, -0.2) is 0 Å². The van der Waals surface area contributed by atoms with Crippen molar-refractivity contribution in [3.05, 3.63) is 24.3 Å². The van der Waals surface area contributed by atoms with Gasteiger partial charge < -0.3 is 22.0 Å². The summed E-state index contributed by atoms with van der Waals surface area (Å²) in [5.74, 6) is -0.171. The topological polar surface area (TPSA) is 9.23 Å². The summed E-state index contributed by atoms with van der Waals surface area (Å²) >= 11 is 0. The Hall–Kier alpha value is -0.975. The van der Waals surface area contributed by atoms with Gasteiger partial charge in [0.2, 0.25) is 0 Å².